The van der Waals surface area contributed by atoms with Gasteiger partial charge in [0.25, 0.3) is 0 Å². The molecule has 1 saturated heterocycles. The molecule has 0 aliphatic carbocycles. The van der Waals surface area contributed by atoms with Gasteiger partial charge >= 0.3 is 0 Å². The van der Waals surface area contributed by atoms with Gasteiger partial charge < -0.3 is 14.6 Å². The molecule has 1 aromatic carbocycles. The molecule has 1 aliphatic rings. The molecular weight excluding hydrogens is 374 g/mol. The van der Waals surface area contributed by atoms with E-state index in [0.29, 0.717) is 35.9 Å². The highest BCUT2D eigenvalue weighted by Gasteiger charge is 2.36. The predicted octanol–water partition coefficient (Wildman–Crippen LogP) is 2.19. The van der Waals surface area contributed by atoms with Gasteiger partial charge in [-0.15, -0.1) is 10.2 Å². The van der Waals surface area contributed by atoms with Crippen LogP contribution in [0.15, 0.2) is 24.5 Å². The first-order chi connectivity index (χ1) is 12.9. The van der Waals surface area contributed by atoms with Crippen molar-refractivity contribution in [2.24, 2.45) is 7.05 Å². The van der Waals surface area contributed by atoms with Crippen molar-refractivity contribution in [3.8, 4) is 11.4 Å². The second kappa shape index (κ2) is 6.93. The summed E-state index contributed by atoms with van der Waals surface area (Å²) in [5.41, 5.74) is -0.656. The van der Waals surface area contributed by atoms with Crippen LogP contribution in [0.1, 0.15) is 18.7 Å². The topological polar surface area (TPSA) is 80.0 Å². The standard InChI is InChI=1S/C17H18F2N6OS/c1-24-10-20-22-14(24)8-17(26)3-2-4-25(9-17)16-21-15(23-27-16)11-5-12(18)7-13(19)6-11/h5-7,10,26H,2-4,8-9H2,1H3. The van der Waals surface area contributed by atoms with Crippen molar-refractivity contribution < 1.29 is 13.9 Å². The van der Waals surface area contributed by atoms with Gasteiger partial charge in [-0.25, -0.2) is 8.78 Å². The predicted molar refractivity (Wildman–Crippen MR) is 96.4 cm³/mol. The number of nitrogens with zero attached hydrogens (tertiary/aromatic N) is 6. The lowest BCUT2D eigenvalue weighted by Gasteiger charge is -2.38. The fourth-order valence-corrected chi connectivity index (χ4v) is 4.04. The Morgan fingerprint density at radius 1 is 1.26 bits per heavy atom. The van der Waals surface area contributed by atoms with Crippen LogP contribution in [0.4, 0.5) is 13.9 Å². The highest BCUT2D eigenvalue weighted by Crippen LogP contribution is 2.31. The first-order valence-electron chi connectivity index (χ1n) is 8.52. The van der Waals surface area contributed by atoms with Crippen LogP contribution in [-0.4, -0.2) is 47.9 Å². The third kappa shape index (κ3) is 3.81. The zero-order chi connectivity index (χ0) is 19.0. The average molecular weight is 392 g/mol. The Bertz CT molecular complexity index is 940. The maximum absolute atomic E-state index is 13.4. The van der Waals surface area contributed by atoms with Crippen molar-refractivity contribution in [2.45, 2.75) is 24.9 Å². The van der Waals surface area contributed by atoms with Crippen molar-refractivity contribution in [1.82, 2.24) is 24.1 Å². The summed E-state index contributed by atoms with van der Waals surface area (Å²) in [6, 6.07) is 3.22. The van der Waals surface area contributed by atoms with E-state index in [1.807, 2.05) is 11.9 Å². The first-order valence-corrected chi connectivity index (χ1v) is 9.30. The van der Waals surface area contributed by atoms with Gasteiger partial charge in [-0.3, -0.25) is 0 Å². The van der Waals surface area contributed by atoms with Gasteiger partial charge in [0.05, 0.1) is 5.60 Å². The van der Waals surface area contributed by atoms with E-state index < -0.39 is 17.2 Å². The van der Waals surface area contributed by atoms with E-state index in [9.17, 15) is 13.9 Å². The molecule has 3 heterocycles. The molecule has 27 heavy (non-hydrogen) atoms. The number of piperidine rings is 1. The van der Waals surface area contributed by atoms with E-state index in [1.165, 1.54) is 12.1 Å². The highest BCUT2D eigenvalue weighted by molar-refractivity contribution is 7.09. The Balaban J connectivity index is 1.53. The summed E-state index contributed by atoms with van der Waals surface area (Å²) in [4.78, 5) is 6.38. The second-order valence-corrected chi connectivity index (χ2v) is 7.57. The SMILES string of the molecule is Cn1cnnc1CC1(O)CCCN(c2nc(-c3cc(F)cc(F)c3)ns2)C1. The van der Waals surface area contributed by atoms with Crippen LogP contribution < -0.4 is 4.90 Å². The van der Waals surface area contributed by atoms with E-state index >= 15 is 0 Å². The van der Waals surface area contributed by atoms with E-state index in [4.69, 9.17) is 0 Å². The summed E-state index contributed by atoms with van der Waals surface area (Å²) < 4.78 is 32.9. The molecule has 1 unspecified atom stereocenters. The van der Waals surface area contributed by atoms with Gasteiger partial charge in [-0.1, -0.05) is 0 Å². The Morgan fingerprint density at radius 2 is 2.04 bits per heavy atom. The highest BCUT2D eigenvalue weighted by atomic mass is 32.1. The Kier molecular flexibility index (Phi) is 4.60. The Morgan fingerprint density at radius 3 is 2.74 bits per heavy atom. The Hall–Kier alpha value is -2.46. The lowest BCUT2D eigenvalue weighted by Crippen LogP contribution is -2.50. The zero-order valence-corrected chi connectivity index (χ0v) is 15.5. The minimum Gasteiger partial charge on any atom is -0.388 e. The third-order valence-corrected chi connectivity index (χ3v) is 5.43. The molecule has 10 heteroatoms. The van der Waals surface area contributed by atoms with Crippen LogP contribution in [0, 0.1) is 11.6 Å². The minimum absolute atomic E-state index is 0.274. The summed E-state index contributed by atoms with van der Waals surface area (Å²) in [5.74, 6) is -0.349. The molecule has 142 valence electrons. The lowest BCUT2D eigenvalue weighted by atomic mass is 9.89. The maximum Gasteiger partial charge on any atom is 0.205 e. The molecule has 7 nitrogen and oxygen atoms in total. The molecule has 1 N–H and O–H groups in total. The smallest absolute Gasteiger partial charge is 0.205 e. The number of hydrogen-bond acceptors (Lipinski definition) is 7. The largest absolute Gasteiger partial charge is 0.388 e. The molecule has 0 radical (unpaired) electrons. The van der Waals surface area contributed by atoms with E-state index in [2.05, 4.69) is 19.6 Å². The normalized spacial score (nSPS) is 20.2. The van der Waals surface area contributed by atoms with E-state index in [1.54, 1.807) is 10.9 Å². The summed E-state index contributed by atoms with van der Waals surface area (Å²) >= 11 is 1.15. The molecule has 0 bridgehead atoms. The maximum atomic E-state index is 13.4. The van der Waals surface area contributed by atoms with Gasteiger partial charge in [-0.2, -0.15) is 9.36 Å². The van der Waals surface area contributed by atoms with Crippen LogP contribution in [0.5, 0.6) is 0 Å². The number of aliphatic hydroxyl groups is 1. The quantitative estimate of drug-likeness (QED) is 0.733. The molecule has 1 atom stereocenters. The van der Waals surface area contributed by atoms with E-state index in [-0.39, 0.29) is 5.82 Å². The molecule has 0 spiro atoms. The van der Waals surface area contributed by atoms with Crippen molar-refractivity contribution in [3.63, 3.8) is 0 Å². The van der Waals surface area contributed by atoms with Crippen LogP contribution in [0.3, 0.4) is 0 Å². The molecule has 0 saturated carbocycles. The van der Waals surface area contributed by atoms with Crippen LogP contribution in [-0.2, 0) is 13.5 Å². The van der Waals surface area contributed by atoms with Crippen molar-refractivity contribution in [3.05, 3.63) is 42.0 Å². The summed E-state index contributed by atoms with van der Waals surface area (Å²) in [6.45, 7) is 1.11. The van der Waals surface area contributed by atoms with Crippen molar-refractivity contribution in [1.29, 1.82) is 0 Å². The first kappa shape index (κ1) is 17.9. The number of hydrogen-bond donors (Lipinski definition) is 1. The molecule has 1 aliphatic heterocycles. The number of aromatic nitrogens is 5. The summed E-state index contributed by atoms with van der Waals surface area (Å²) in [6.07, 6.45) is 3.43. The monoisotopic (exact) mass is 392 g/mol. The number of aryl methyl sites for hydroxylation is 1. The Labute approximate surface area is 158 Å². The van der Waals surface area contributed by atoms with Gasteiger partial charge in [-0.05, 0) is 25.0 Å². The van der Waals surface area contributed by atoms with E-state index in [0.717, 1.165) is 30.6 Å². The third-order valence-electron chi connectivity index (χ3n) is 4.65. The second-order valence-electron chi connectivity index (χ2n) is 6.84. The number of anilines is 1. The number of β-amino-alcohol motifs (C(OH)–C–C–N with tert-alkyl or cyclic N) is 1. The van der Waals surface area contributed by atoms with Crippen LogP contribution in [0.25, 0.3) is 11.4 Å². The fraction of sp³-hybridized carbons (Fsp3) is 0.412. The van der Waals surface area contributed by atoms with Gasteiger partial charge in [0.15, 0.2) is 5.82 Å². The van der Waals surface area contributed by atoms with Crippen molar-refractivity contribution in [2.75, 3.05) is 18.0 Å². The number of halogens is 2. The number of rotatable bonds is 4. The molecule has 3 aromatic rings. The average Bonchev–Trinajstić information content (AvgIpc) is 3.24. The van der Waals surface area contributed by atoms with Gasteiger partial charge in [0.2, 0.25) is 5.13 Å². The fourth-order valence-electron chi connectivity index (χ4n) is 3.33. The summed E-state index contributed by atoms with van der Waals surface area (Å²) in [7, 11) is 1.84. The zero-order valence-electron chi connectivity index (χ0n) is 14.6. The van der Waals surface area contributed by atoms with Crippen LogP contribution in [0.2, 0.25) is 0 Å². The molecule has 4 rings (SSSR count). The molecule has 1 fully saturated rings. The van der Waals surface area contributed by atoms with Gasteiger partial charge in [0, 0.05) is 49.7 Å². The lowest BCUT2D eigenvalue weighted by molar-refractivity contribution is 0.0238. The molecule has 0 amide bonds. The minimum atomic E-state index is -0.949. The summed E-state index contributed by atoms with van der Waals surface area (Å²) in [5, 5.41) is 19.6. The van der Waals surface area contributed by atoms with Gasteiger partial charge in [0.1, 0.15) is 23.8 Å². The molecular formula is C17H18F2N6OS. The molecule has 2 aromatic heterocycles. The number of benzene rings is 1. The van der Waals surface area contributed by atoms with Crippen molar-refractivity contribution >= 4 is 16.7 Å². The van der Waals surface area contributed by atoms with Crippen LogP contribution >= 0.6 is 11.5 Å².